The molecule has 19 heavy (non-hydrogen) atoms. The first-order chi connectivity index (χ1) is 9.28. The van der Waals surface area contributed by atoms with Crippen molar-refractivity contribution in [3.8, 4) is 0 Å². The highest BCUT2D eigenvalue weighted by Crippen LogP contribution is 2.25. The Hall–Kier alpha value is -1.51. The van der Waals surface area contributed by atoms with Gasteiger partial charge >= 0.3 is 0 Å². The minimum absolute atomic E-state index is 0.0918. The molecule has 0 bridgehead atoms. The van der Waals surface area contributed by atoms with Crippen LogP contribution in [0.5, 0.6) is 0 Å². The third-order valence-electron chi connectivity index (χ3n) is 3.76. The highest BCUT2D eigenvalue weighted by molar-refractivity contribution is 5.78. The van der Waals surface area contributed by atoms with Crippen molar-refractivity contribution < 1.29 is 4.79 Å². The number of anilines is 1. The molecule has 1 aliphatic carbocycles. The van der Waals surface area contributed by atoms with Crippen LogP contribution >= 0.6 is 0 Å². The van der Waals surface area contributed by atoms with Crippen LogP contribution in [0.25, 0.3) is 0 Å². The molecule has 0 aliphatic heterocycles. The number of likely N-dealkylation sites (N-methyl/N-ethyl adjacent to an activating group) is 1. The number of nitrogens with one attached hydrogen (secondary N) is 2. The number of hydrogen-bond donors (Lipinski definition) is 2. The van der Waals surface area contributed by atoms with Gasteiger partial charge in [0.25, 0.3) is 0 Å². The zero-order valence-electron chi connectivity index (χ0n) is 11.7. The van der Waals surface area contributed by atoms with Gasteiger partial charge in [0.05, 0.1) is 6.42 Å². The Bertz CT molecular complexity index is 394. The van der Waals surface area contributed by atoms with Crippen molar-refractivity contribution >= 4 is 11.6 Å². The lowest BCUT2D eigenvalue weighted by Crippen LogP contribution is -2.24. The fraction of sp³-hybridized carbons (Fsp3) is 0.562. The molecule has 0 aromatic heterocycles. The van der Waals surface area contributed by atoms with Gasteiger partial charge in [0.2, 0.25) is 5.91 Å². The molecule has 3 heteroatoms. The summed E-state index contributed by atoms with van der Waals surface area (Å²) >= 11 is 0. The van der Waals surface area contributed by atoms with E-state index in [1.165, 1.54) is 25.7 Å². The third kappa shape index (κ3) is 4.58. The highest BCUT2D eigenvalue weighted by atomic mass is 16.1. The molecule has 2 rings (SSSR count). The van der Waals surface area contributed by atoms with E-state index in [0.717, 1.165) is 23.7 Å². The van der Waals surface area contributed by atoms with Crippen molar-refractivity contribution in [3.05, 3.63) is 29.8 Å². The number of rotatable bonds is 6. The van der Waals surface area contributed by atoms with Crippen LogP contribution in [0.3, 0.4) is 0 Å². The Morgan fingerprint density at radius 3 is 2.53 bits per heavy atom. The van der Waals surface area contributed by atoms with Gasteiger partial charge in [-0.2, -0.15) is 0 Å². The van der Waals surface area contributed by atoms with E-state index in [4.69, 9.17) is 0 Å². The van der Waals surface area contributed by atoms with E-state index in [0.29, 0.717) is 13.0 Å². The summed E-state index contributed by atoms with van der Waals surface area (Å²) in [4.78, 5) is 11.5. The van der Waals surface area contributed by atoms with Crippen LogP contribution in [0.4, 0.5) is 5.69 Å². The fourth-order valence-electron chi connectivity index (χ4n) is 2.66. The first-order valence-electron chi connectivity index (χ1n) is 7.37. The van der Waals surface area contributed by atoms with Crippen LogP contribution < -0.4 is 10.6 Å². The standard InChI is InChI=1S/C16H24N2O/c1-2-17-16(19)11-13-7-9-15(10-8-13)18-12-14-5-3-4-6-14/h7-10,14,18H,2-6,11-12H2,1H3,(H,17,19). The minimum Gasteiger partial charge on any atom is -0.385 e. The Balaban J connectivity index is 1.78. The Morgan fingerprint density at radius 2 is 1.89 bits per heavy atom. The van der Waals surface area contributed by atoms with Gasteiger partial charge in [-0.25, -0.2) is 0 Å². The first-order valence-corrected chi connectivity index (χ1v) is 7.37. The van der Waals surface area contributed by atoms with E-state index in [2.05, 4.69) is 22.8 Å². The monoisotopic (exact) mass is 260 g/mol. The molecule has 0 atom stereocenters. The highest BCUT2D eigenvalue weighted by Gasteiger charge is 2.14. The largest absolute Gasteiger partial charge is 0.385 e. The Labute approximate surface area is 115 Å². The SMILES string of the molecule is CCNC(=O)Cc1ccc(NCC2CCCC2)cc1. The molecule has 1 aromatic rings. The van der Waals surface area contributed by atoms with Gasteiger partial charge in [0.1, 0.15) is 0 Å². The lowest BCUT2D eigenvalue weighted by molar-refractivity contribution is -0.120. The summed E-state index contributed by atoms with van der Waals surface area (Å²) in [6.07, 6.45) is 5.97. The van der Waals surface area contributed by atoms with E-state index >= 15 is 0 Å². The number of amides is 1. The van der Waals surface area contributed by atoms with Gasteiger partial charge in [0, 0.05) is 18.8 Å². The van der Waals surface area contributed by atoms with E-state index in [1.54, 1.807) is 0 Å². The molecule has 1 aromatic carbocycles. The summed E-state index contributed by atoms with van der Waals surface area (Å²) in [6.45, 7) is 3.71. The second-order valence-electron chi connectivity index (χ2n) is 5.36. The van der Waals surface area contributed by atoms with Crippen molar-refractivity contribution in [1.29, 1.82) is 0 Å². The van der Waals surface area contributed by atoms with Crippen LogP contribution in [-0.4, -0.2) is 19.0 Å². The fourth-order valence-corrected chi connectivity index (χ4v) is 2.66. The second-order valence-corrected chi connectivity index (χ2v) is 5.36. The summed E-state index contributed by atoms with van der Waals surface area (Å²) in [5.74, 6) is 0.934. The predicted octanol–water partition coefficient (Wildman–Crippen LogP) is 2.97. The summed E-state index contributed by atoms with van der Waals surface area (Å²) in [6, 6.07) is 8.21. The van der Waals surface area contributed by atoms with Crippen molar-refractivity contribution in [2.75, 3.05) is 18.4 Å². The molecule has 0 saturated heterocycles. The average molecular weight is 260 g/mol. The minimum atomic E-state index is 0.0918. The predicted molar refractivity (Wildman–Crippen MR) is 79.3 cm³/mol. The summed E-state index contributed by atoms with van der Waals surface area (Å²) in [5, 5.41) is 6.31. The molecule has 0 heterocycles. The maximum Gasteiger partial charge on any atom is 0.224 e. The van der Waals surface area contributed by atoms with Crippen molar-refractivity contribution in [1.82, 2.24) is 5.32 Å². The Morgan fingerprint density at radius 1 is 1.21 bits per heavy atom. The maximum absolute atomic E-state index is 11.5. The van der Waals surface area contributed by atoms with Crippen molar-refractivity contribution in [2.45, 2.75) is 39.0 Å². The number of carbonyl (C=O) groups is 1. The second kappa shape index (κ2) is 7.17. The van der Waals surface area contributed by atoms with Gasteiger partial charge in [0.15, 0.2) is 0 Å². The summed E-state index contributed by atoms with van der Waals surface area (Å²) in [5.41, 5.74) is 2.23. The summed E-state index contributed by atoms with van der Waals surface area (Å²) < 4.78 is 0. The zero-order valence-corrected chi connectivity index (χ0v) is 11.7. The zero-order chi connectivity index (χ0) is 13.5. The molecule has 0 radical (unpaired) electrons. The molecular weight excluding hydrogens is 236 g/mol. The molecule has 2 N–H and O–H groups in total. The molecule has 1 aliphatic rings. The normalized spacial score (nSPS) is 15.4. The molecular formula is C16H24N2O. The lowest BCUT2D eigenvalue weighted by atomic mass is 10.1. The summed E-state index contributed by atoms with van der Waals surface area (Å²) in [7, 11) is 0. The lowest BCUT2D eigenvalue weighted by Gasteiger charge is -2.12. The Kier molecular flexibility index (Phi) is 5.25. The van der Waals surface area contributed by atoms with E-state index in [1.807, 2.05) is 19.1 Å². The van der Waals surface area contributed by atoms with Crippen LogP contribution in [0, 0.1) is 5.92 Å². The van der Waals surface area contributed by atoms with Crippen molar-refractivity contribution in [2.24, 2.45) is 5.92 Å². The van der Waals surface area contributed by atoms with E-state index in [9.17, 15) is 4.79 Å². The van der Waals surface area contributed by atoms with Crippen molar-refractivity contribution in [3.63, 3.8) is 0 Å². The van der Waals surface area contributed by atoms with Crippen LogP contribution in [-0.2, 0) is 11.2 Å². The topological polar surface area (TPSA) is 41.1 Å². The van der Waals surface area contributed by atoms with Crippen LogP contribution in [0.15, 0.2) is 24.3 Å². The number of hydrogen-bond acceptors (Lipinski definition) is 2. The molecule has 1 fully saturated rings. The maximum atomic E-state index is 11.5. The van der Waals surface area contributed by atoms with Gasteiger partial charge in [-0.05, 0) is 43.4 Å². The average Bonchev–Trinajstić information content (AvgIpc) is 2.91. The van der Waals surface area contributed by atoms with Gasteiger partial charge in [-0.3, -0.25) is 4.79 Å². The quantitative estimate of drug-likeness (QED) is 0.825. The number of benzene rings is 1. The molecule has 3 nitrogen and oxygen atoms in total. The van der Waals surface area contributed by atoms with Crippen LogP contribution in [0.2, 0.25) is 0 Å². The third-order valence-corrected chi connectivity index (χ3v) is 3.76. The molecule has 1 saturated carbocycles. The molecule has 104 valence electrons. The van der Waals surface area contributed by atoms with Crippen LogP contribution in [0.1, 0.15) is 38.2 Å². The first kappa shape index (κ1) is 13.9. The number of carbonyl (C=O) groups excluding carboxylic acids is 1. The van der Waals surface area contributed by atoms with Gasteiger partial charge in [-0.15, -0.1) is 0 Å². The van der Waals surface area contributed by atoms with Gasteiger partial charge in [-0.1, -0.05) is 25.0 Å². The smallest absolute Gasteiger partial charge is 0.224 e. The molecule has 1 amide bonds. The van der Waals surface area contributed by atoms with E-state index in [-0.39, 0.29) is 5.91 Å². The van der Waals surface area contributed by atoms with E-state index < -0.39 is 0 Å². The van der Waals surface area contributed by atoms with Gasteiger partial charge < -0.3 is 10.6 Å². The molecule has 0 spiro atoms. The molecule has 0 unspecified atom stereocenters.